The fraction of sp³-hybridized carbons (Fsp3) is 0.200. The zero-order valence-corrected chi connectivity index (χ0v) is 13.9. The van der Waals surface area contributed by atoms with Crippen LogP contribution in [-0.4, -0.2) is 18.1 Å². The quantitative estimate of drug-likeness (QED) is 0.831. The van der Waals surface area contributed by atoms with Gasteiger partial charge in [0, 0.05) is 11.8 Å². The SMILES string of the molecule is CC1(S(=O)(=O)c2cc3cccc(F)c3[nH]2)C=C(F)C=C(Br)C1. The number of hydrogen-bond acceptors (Lipinski definition) is 2. The summed E-state index contributed by atoms with van der Waals surface area (Å²) in [6, 6.07) is 5.74. The van der Waals surface area contributed by atoms with Crippen molar-refractivity contribution in [3.05, 3.63) is 52.5 Å². The minimum absolute atomic E-state index is 0.112. The lowest BCUT2D eigenvalue weighted by Crippen LogP contribution is -2.35. The molecule has 1 N–H and O–H groups in total. The summed E-state index contributed by atoms with van der Waals surface area (Å²) < 4.78 is 52.2. The zero-order chi connectivity index (χ0) is 16.1. The molecule has 0 aliphatic heterocycles. The Morgan fingerprint density at radius 1 is 1.32 bits per heavy atom. The molecule has 2 aromatic rings. The third kappa shape index (κ3) is 2.32. The molecule has 1 atom stereocenters. The van der Waals surface area contributed by atoms with Crippen molar-refractivity contribution in [3.63, 3.8) is 0 Å². The number of aromatic amines is 1. The predicted molar refractivity (Wildman–Crippen MR) is 84.7 cm³/mol. The summed E-state index contributed by atoms with van der Waals surface area (Å²) in [4.78, 5) is 2.61. The first-order chi connectivity index (χ1) is 10.2. The molecule has 0 radical (unpaired) electrons. The molecular formula is C15H12BrF2NO2S. The second-order valence-electron chi connectivity index (χ2n) is 5.45. The van der Waals surface area contributed by atoms with Gasteiger partial charge in [-0.1, -0.05) is 28.1 Å². The van der Waals surface area contributed by atoms with E-state index >= 15 is 0 Å². The van der Waals surface area contributed by atoms with Crippen LogP contribution in [0.1, 0.15) is 13.3 Å². The van der Waals surface area contributed by atoms with E-state index in [9.17, 15) is 17.2 Å². The molecule has 0 saturated heterocycles. The van der Waals surface area contributed by atoms with Gasteiger partial charge in [-0.2, -0.15) is 0 Å². The molecule has 7 heteroatoms. The number of hydrogen-bond donors (Lipinski definition) is 1. The highest BCUT2D eigenvalue weighted by molar-refractivity contribution is 9.11. The molecule has 116 valence electrons. The molecule has 0 bridgehead atoms. The number of nitrogens with one attached hydrogen (secondary N) is 1. The van der Waals surface area contributed by atoms with E-state index in [2.05, 4.69) is 20.9 Å². The zero-order valence-electron chi connectivity index (χ0n) is 11.5. The summed E-state index contributed by atoms with van der Waals surface area (Å²) in [6.07, 6.45) is 2.43. The Morgan fingerprint density at radius 2 is 2.05 bits per heavy atom. The molecule has 3 rings (SSSR count). The Balaban J connectivity index is 2.17. The smallest absolute Gasteiger partial charge is 0.203 e. The van der Waals surface area contributed by atoms with Crippen LogP contribution in [0.25, 0.3) is 10.9 Å². The van der Waals surface area contributed by atoms with Crippen LogP contribution in [0.3, 0.4) is 0 Å². The summed E-state index contributed by atoms with van der Waals surface area (Å²) in [5.74, 6) is -1.15. The molecule has 0 amide bonds. The molecule has 1 aromatic heterocycles. The minimum atomic E-state index is -3.92. The average molecular weight is 388 g/mol. The lowest BCUT2D eigenvalue weighted by Gasteiger charge is -2.27. The number of benzene rings is 1. The van der Waals surface area contributed by atoms with Gasteiger partial charge in [0.1, 0.15) is 21.4 Å². The van der Waals surface area contributed by atoms with Gasteiger partial charge in [-0.25, -0.2) is 17.2 Å². The van der Waals surface area contributed by atoms with Gasteiger partial charge in [0.05, 0.1) is 5.52 Å². The largest absolute Gasteiger partial charge is 0.343 e. The van der Waals surface area contributed by atoms with Crippen molar-refractivity contribution >= 4 is 36.7 Å². The van der Waals surface area contributed by atoms with E-state index in [-0.39, 0.29) is 17.0 Å². The number of H-pyrrole nitrogens is 1. The molecule has 1 aliphatic carbocycles. The van der Waals surface area contributed by atoms with Crippen molar-refractivity contribution < 1.29 is 17.2 Å². The highest BCUT2D eigenvalue weighted by Crippen LogP contribution is 2.39. The Kier molecular flexibility index (Phi) is 3.52. The Morgan fingerprint density at radius 3 is 2.68 bits per heavy atom. The first kappa shape index (κ1) is 15.4. The molecule has 3 nitrogen and oxygen atoms in total. The number of rotatable bonds is 2. The van der Waals surface area contributed by atoms with Crippen molar-refractivity contribution in [2.24, 2.45) is 0 Å². The highest BCUT2D eigenvalue weighted by Gasteiger charge is 2.42. The average Bonchev–Trinajstić information content (AvgIpc) is 2.83. The van der Waals surface area contributed by atoms with Gasteiger partial charge >= 0.3 is 0 Å². The standard InChI is InChI=1S/C15H12BrF2NO2S/c1-15(7-10(16)6-11(17)8-15)22(20,21)13-5-9-3-2-4-12(18)14(9)19-13/h2-6,8,19H,7H2,1H3. The lowest BCUT2D eigenvalue weighted by molar-refractivity contribution is 0.548. The number of fused-ring (bicyclic) bond motifs is 1. The maximum atomic E-state index is 13.7. The third-order valence-corrected chi connectivity index (χ3v) is 6.54. The van der Waals surface area contributed by atoms with E-state index in [1.165, 1.54) is 31.2 Å². The second-order valence-corrected chi connectivity index (χ2v) is 8.85. The van der Waals surface area contributed by atoms with Gasteiger partial charge in [-0.3, -0.25) is 0 Å². The summed E-state index contributed by atoms with van der Waals surface area (Å²) >= 11 is 3.16. The van der Waals surface area contributed by atoms with Crippen LogP contribution in [0.5, 0.6) is 0 Å². The van der Waals surface area contributed by atoms with Crippen LogP contribution in [-0.2, 0) is 9.84 Å². The van der Waals surface area contributed by atoms with Gasteiger partial charge in [0.2, 0.25) is 9.84 Å². The second kappa shape index (κ2) is 5.03. The van der Waals surface area contributed by atoms with Crippen LogP contribution in [0, 0.1) is 5.82 Å². The van der Waals surface area contributed by atoms with Gasteiger partial charge in [-0.05, 0) is 35.7 Å². The maximum absolute atomic E-state index is 13.7. The van der Waals surface area contributed by atoms with Crippen LogP contribution in [0.4, 0.5) is 8.78 Å². The first-order valence-electron chi connectivity index (χ1n) is 6.49. The van der Waals surface area contributed by atoms with E-state index in [0.717, 1.165) is 6.08 Å². The van der Waals surface area contributed by atoms with Crippen molar-refractivity contribution in [1.29, 1.82) is 0 Å². The number of allylic oxidation sites excluding steroid dienone is 3. The molecule has 1 aromatic carbocycles. The molecule has 22 heavy (non-hydrogen) atoms. The number of halogens is 3. The first-order valence-corrected chi connectivity index (χ1v) is 8.77. The van der Waals surface area contributed by atoms with E-state index in [1.54, 1.807) is 6.07 Å². The monoisotopic (exact) mass is 387 g/mol. The molecule has 0 spiro atoms. The van der Waals surface area contributed by atoms with E-state index in [0.29, 0.717) is 9.87 Å². The Labute approximate surface area is 134 Å². The number of para-hydroxylation sites is 1. The third-order valence-electron chi connectivity index (χ3n) is 3.74. The molecule has 0 saturated carbocycles. The fourth-order valence-corrected chi connectivity index (χ4v) is 5.20. The molecule has 0 fully saturated rings. The van der Waals surface area contributed by atoms with Gasteiger partial charge in [-0.15, -0.1) is 0 Å². The number of sulfone groups is 1. The van der Waals surface area contributed by atoms with Crippen LogP contribution in [0.2, 0.25) is 0 Å². The van der Waals surface area contributed by atoms with E-state index in [4.69, 9.17) is 0 Å². The summed E-state index contributed by atoms with van der Waals surface area (Å²) in [6.45, 7) is 1.44. The topological polar surface area (TPSA) is 49.9 Å². The minimum Gasteiger partial charge on any atom is -0.343 e. The summed E-state index contributed by atoms with van der Waals surface area (Å²) in [7, 11) is -3.92. The molecule has 1 aliphatic rings. The Hall–Kier alpha value is -1.47. The van der Waals surface area contributed by atoms with Crippen LogP contribution < -0.4 is 0 Å². The van der Waals surface area contributed by atoms with E-state index in [1.807, 2.05) is 0 Å². The molecule has 1 heterocycles. The van der Waals surface area contributed by atoms with Crippen molar-refractivity contribution in [1.82, 2.24) is 4.98 Å². The van der Waals surface area contributed by atoms with Gasteiger partial charge in [0.15, 0.2) is 0 Å². The highest BCUT2D eigenvalue weighted by atomic mass is 79.9. The van der Waals surface area contributed by atoms with Crippen molar-refractivity contribution in [3.8, 4) is 0 Å². The Bertz CT molecular complexity index is 930. The maximum Gasteiger partial charge on any atom is 0.203 e. The number of aromatic nitrogens is 1. The van der Waals surface area contributed by atoms with Crippen molar-refractivity contribution in [2.45, 2.75) is 23.1 Å². The molecular weight excluding hydrogens is 376 g/mol. The lowest BCUT2D eigenvalue weighted by atomic mass is 10.0. The summed E-state index contributed by atoms with van der Waals surface area (Å²) in [5, 5.41) is 0.332. The van der Waals surface area contributed by atoms with Crippen LogP contribution in [0.15, 0.2) is 51.8 Å². The summed E-state index contributed by atoms with van der Waals surface area (Å²) in [5.41, 5.74) is 0.125. The normalized spacial score (nSPS) is 22.5. The van der Waals surface area contributed by atoms with Gasteiger partial charge in [0.25, 0.3) is 0 Å². The van der Waals surface area contributed by atoms with Gasteiger partial charge < -0.3 is 4.98 Å². The predicted octanol–water partition coefficient (Wildman–Crippen LogP) is 4.38. The molecule has 1 unspecified atom stereocenters. The van der Waals surface area contributed by atoms with Crippen LogP contribution >= 0.6 is 15.9 Å². The van der Waals surface area contributed by atoms with Crippen molar-refractivity contribution in [2.75, 3.05) is 0 Å². The fourth-order valence-electron chi connectivity index (χ4n) is 2.58. The van der Waals surface area contributed by atoms with E-state index < -0.39 is 26.2 Å².